The maximum absolute atomic E-state index is 12.6. The van der Waals surface area contributed by atoms with Gasteiger partial charge in [0.1, 0.15) is 5.75 Å². The molecule has 1 aromatic rings. The van der Waals surface area contributed by atoms with Crippen LogP contribution in [0, 0.1) is 0 Å². The Morgan fingerprint density at radius 1 is 1.05 bits per heavy atom. The fourth-order valence-corrected chi connectivity index (χ4v) is 1.20. The molecule has 0 unspecified atom stereocenters. The van der Waals surface area contributed by atoms with Gasteiger partial charge in [0.2, 0.25) is 0 Å². The standard InChI is InChI=1S/C10H7BF6O2/c1-2-18-11-19-8-4-3-6(9(12,13)14)5-7(8)10(15,16)17/h2-5,11H,1H2. The van der Waals surface area contributed by atoms with E-state index in [9.17, 15) is 26.3 Å². The van der Waals surface area contributed by atoms with E-state index in [4.69, 9.17) is 0 Å². The van der Waals surface area contributed by atoms with Crippen molar-refractivity contribution in [1.29, 1.82) is 0 Å². The molecule has 0 aliphatic rings. The zero-order valence-electron chi connectivity index (χ0n) is 9.31. The van der Waals surface area contributed by atoms with Crippen molar-refractivity contribution < 1.29 is 35.7 Å². The Hall–Kier alpha value is -1.80. The summed E-state index contributed by atoms with van der Waals surface area (Å²) < 4.78 is 83.9. The molecule has 0 saturated heterocycles. The highest BCUT2D eigenvalue weighted by Gasteiger charge is 2.38. The Labute approximate surface area is 104 Å². The van der Waals surface area contributed by atoms with Gasteiger partial charge < -0.3 is 9.31 Å². The van der Waals surface area contributed by atoms with Crippen molar-refractivity contribution in [3.8, 4) is 5.75 Å². The highest BCUT2D eigenvalue weighted by atomic mass is 19.4. The molecule has 0 radical (unpaired) electrons. The number of hydrogen-bond donors (Lipinski definition) is 0. The summed E-state index contributed by atoms with van der Waals surface area (Å²) in [6.45, 7) is 3.14. The van der Waals surface area contributed by atoms with E-state index in [-0.39, 0.29) is 6.07 Å². The highest BCUT2D eigenvalue weighted by molar-refractivity contribution is 6.19. The van der Waals surface area contributed by atoms with Crippen LogP contribution in [0.1, 0.15) is 11.1 Å². The first-order valence-electron chi connectivity index (χ1n) is 4.80. The molecule has 1 aromatic carbocycles. The van der Waals surface area contributed by atoms with Gasteiger partial charge in [-0.15, -0.1) is 0 Å². The van der Waals surface area contributed by atoms with Crippen LogP contribution in [0.4, 0.5) is 26.3 Å². The van der Waals surface area contributed by atoms with Crippen LogP contribution in [-0.2, 0) is 17.0 Å². The van der Waals surface area contributed by atoms with Gasteiger partial charge in [-0.2, -0.15) is 26.3 Å². The molecule has 0 amide bonds. The van der Waals surface area contributed by atoms with Crippen molar-refractivity contribution in [2.75, 3.05) is 0 Å². The lowest BCUT2D eigenvalue weighted by atomic mass is 10.1. The van der Waals surface area contributed by atoms with Gasteiger partial charge >= 0.3 is 20.0 Å². The molecule has 0 atom stereocenters. The average molecular weight is 284 g/mol. The Kier molecular flexibility index (Phi) is 4.38. The Morgan fingerprint density at radius 2 is 1.68 bits per heavy atom. The summed E-state index contributed by atoms with van der Waals surface area (Å²) in [6.07, 6.45) is -8.90. The molecule has 0 spiro atoms. The number of rotatable bonds is 4. The van der Waals surface area contributed by atoms with Crippen LogP contribution in [0.5, 0.6) is 5.75 Å². The smallest absolute Gasteiger partial charge is 0.535 e. The average Bonchev–Trinajstić information content (AvgIpc) is 2.27. The summed E-state index contributed by atoms with van der Waals surface area (Å²) in [7, 11) is -0.585. The molecule has 1 rings (SSSR count). The minimum absolute atomic E-state index is 0.0107. The summed E-state index contributed by atoms with van der Waals surface area (Å²) in [6, 6.07) is 1.08. The topological polar surface area (TPSA) is 18.5 Å². The van der Waals surface area contributed by atoms with Crippen LogP contribution in [0.15, 0.2) is 31.0 Å². The first-order chi connectivity index (χ1) is 8.66. The largest absolute Gasteiger partial charge is 0.576 e. The third-order valence-corrected chi connectivity index (χ3v) is 2.01. The molecule has 0 heterocycles. The summed E-state index contributed by atoms with van der Waals surface area (Å²) >= 11 is 0. The normalized spacial score (nSPS) is 11.9. The second kappa shape index (κ2) is 5.46. The van der Waals surface area contributed by atoms with E-state index in [0.717, 1.165) is 6.26 Å². The molecule has 0 fully saturated rings. The van der Waals surface area contributed by atoms with E-state index in [1.807, 2.05) is 0 Å². The fraction of sp³-hybridized carbons (Fsp3) is 0.200. The molecule has 2 nitrogen and oxygen atoms in total. The van der Waals surface area contributed by atoms with Gasteiger partial charge in [-0.25, -0.2) is 0 Å². The van der Waals surface area contributed by atoms with Gasteiger partial charge in [0.05, 0.1) is 17.4 Å². The first-order valence-corrected chi connectivity index (χ1v) is 4.80. The van der Waals surface area contributed by atoms with E-state index in [1.54, 1.807) is 0 Å². The van der Waals surface area contributed by atoms with E-state index >= 15 is 0 Å². The lowest BCUT2D eigenvalue weighted by Crippen LogP contribution is -2.14. The summed E-state index contributed by atoms with van der Waals surface area (Å²) in [5.41, 5.74) is -2.92. The van der Waals surface area contributed by atoms with Crippen molar-refractivity contribution in [3.05, 3.63) is 42.2 Å². The highest BCUT2D eigenvalue weighted by Crippen LogP contribution is 2.40. The number of alkyl halides is 6. The lowest BCUT2D eigenvalue weighted by molar-refractivity contribution is -0.143. The molecular weight excluding hydrogens is 277 g/mol. The minimum atomic E-state index is -4.97. The van der Waals surface area contributed by atoms with E-state index < -0.39 is 36.9 Å². The maximum atomic E-state index is 12.6. The molecule has 19 heavy (non-hydrogen) atoms. The second-order valence-corrected chi connectivity index (χ2v) is 3.30. The quantitative estimate of drug-likeness (QED) is 0.364. The number of hydrogen-bond acceptors (Lipinski definition) is 2. The van der Waals surface area contributed by atoms with Gasteiger partial charge in [0, 0.05) is 0 Å². The molecule has 0 bridgehead atoms. The molecule has 0 aromatic heterocycles. The van der Waals surface area contributed by atoms with E-state index in [2.05, 4.69) is 15.9 Å². The predicted octanol–water partition coefficient (Wildman–Crippen LogP) is 3.53. The van der Waals surface area contributed by atoms with Crippen molar-refractivity contribution in [1.82, 2.24) is 0 Å². The van der Waals surface area contributed by atoms with Gasteiger partial charge in [-0.05, 0) is 18.2 Å². The number of halogens is 6. The summed E-state index contributed by atoms with van der Waals surface area (Å²) in [4.78, 5) is 0. The monoisotopic (exact) mass is 284 g/mol. The third kappa shape index (κ3) is 4.11. The van der Waals surface area contributed by atoms with Crippen LogP contribution in [0.25, 0.3) is 0 Å². The van der Waals surface area contributed by atoms with Gasteiger partial charge in [0.25, 0.3) is 0 Å². The summed E-state index contributed by atoms with van der Waals surface area (Å²) in [5.74, 6) is -0.748. The molecule has 9 heteroatoms. The van der Waals surface area contributed by atoms with Gasteiger partial charge in [-0.1, -0.05) is 6.58 Å². The predicted molar refractivity (Wildman–Crippen MR) is 55.5 cm³/mol. The molecular formula is C10H7BF6O2. The zero-order chi connectivity index (χ0) is 14.7. The van der Waals surface area contributed by atoms with Crippen LogP contribution >= 0.6 is 0 Å². The Morgan fingerprint density at radius 3 is 2.16 bits per heavy atom. The van der Waals surface area contributed by atoms with Crippen LogP contribution in [-0.4, -0.2) is 7.69 Å². The van der Waals surface area contributed by atoms with Crippen molar-refractivity contribution >= 4 is 7.69 Å². The summed E-state index contributed by atoms with van der Waals surface area (Å²) in [5, 5.41) is 0. The minimum Gasteiger partial charge on any atom is -0.535 e. The molecule has 0 saturated carbocycles. The van der Waals surface area contributed by atoms with E-state index in [1.165, 1.54) is 0 Å². The van der Waals surface area contributed by atoms with Crippen LogP contribution in [0.2, 0.25) is 0 Å². The third-order valence-electron chi connectivity index (χ3n) is 2.01. The molecule has 104 valence electrons. The number of benzene rings is 1. The molecule has 0 N–H and O–H groups in total. The van der Waals surface area contributed by atoms with Crippen LogP contribution < -0.4 is 4.65 Å². The lowest BCUT2D eigenvalue weighted by Gasteiger charge is -2.16. The Bertz CT molecular complexity index is 454. The van der Waals surface area contributed by atoms with Gasteiger partial charge in [-0.3, -0.25) is 0 Å². The van der Waals surface area contributed by atoms with Crippen molar-refractivity contribution in [3.63, 3.8) is 0 Å². The van der Waals surface area contributed by atoms with Crippen LogP contribution in [0.3, 0.4) is 0 Å². The van der Waals surface area contributed by atoms with Crippen molar-refractivity contribution in [2.24, 2.45) is 0 Å². The second-order valence-electron chi connectivity index (χ2n) is 3.30. The van der Waals surface area contributed by atoms with Gasteiger partial charge in [0.15, 0.2) is 0 Å². The fourth-order valence-electron chi connectivity index (χ4n) is 1.20. The SMILES string of the molecule is C=COBOc1ccc(C(F)(F)F)cc1C(F)(F)F. The van der Waals surface area contributed by atoms with Crippen molar-refractivity contribution in [2.45, 2.75) is 12.4 Å². The first kappa shape index (κ1) is 15.3. The van der Waals surface area contributed by atoms with E-state index in [0.29, 0.717) is 12.1 Å². The molecule has 0 aliphatic heterocycles. The Balaban J connectivity index is 3.14. The maximum Gasteiger partial charge on any atom is 0.576 e. The zero-order valence-corrected chi connectivity index (χ0v) is 9.31. The molecule has 0 aliphatic carbocycles.